The molecule has 6 heteroatoms. The van der Waals surface area contributed by atoms with Crippen LogP contribution in [-0.4, -0.2) is 20.7 Å². The molecule has 18 heavy (non-hydrogen) atoms. The van der Waals surface area contributed by atoms with Crippen LogP contribution in [0.2, 0.25) is 0 Å². The summed E-state index contributed by atoms with van der Waals surface area (Å²) in [6, 6.07) is 3.36. The lowest BCUT2D eigenvalue weighted by Gasteiger charge is -2.05. The number of carbonyl (C=O) groups excluding carboxylic acids is 1. The van der Waals surface area contributed by atoms with Crippen LogP contribution in [0.3, 0.4) is 0 Å². The first-order valence-electron chi connectivity index (χ1n) is 5.45. The van der Waals surface area contributed by atoms with Crippen LogP contribution in [0.15, 0.2) is 29.1 Å². The highest BCUT2D eigenvalue weighted by atomic mass is 79.9. The van der Waals surface area contributed by atoms with E-state index in [-0.39, 0.29) is 5.91 Å². The minimum absolute atomic E-state index is 0.124. The standard InChI is InChI=1S/C12H13BrN4O/c1-8-10(7-16-17(8)2)6-15-12(18)9-3-4-14-11(13)5-9/h3-5,7H,6H2,1-2H3,(H,15,18). The summed E-state index contributed by atoms with van der Waals surface area (Å²) in [6.07, 6.45) is 3.35. The van der Waals surface area contributed by atoms with E-state index in [1.54, 1.807) is 29.2 Å². The third-order valence-electron chi connectivity index (χ3n) is 2.77. The van der Waals surface area contributed by atoms with Crippen molar-refractivity contribution in [1.82, 2.24) is 20.1 Å². The molecule has 2 aromatic rings. The second-order valence-electron chi connectivity index (χ2n) is 3.93. The van der Waals surface area contributed by atoms with Crippen molar-refractivity contribution in [2.24, 2.45) is 7.05 Å². The van der Waals surface area contributed by atoms with Crippen LogP contribution in [0.1, 0.15) is 21.6 Å². The van der Waals surface area contributed by atoms with Gasteiger partial charge in [0.25, 0.3) is 5.91 Å². The quantitative estimate of drug-likeness (QED) is 0.880. The van der Waals surface area contributed by atoms with Crippen LogP contribution >= 0.6 is 15.9 Å². The van der Waals surface area contributed by atoms with E-state index in [0.717, 1.165) is 11.3 Å². The molecule has 0 spiro atoms. The highest BCUT2D eigenvalue weighted by molar-refractivity contribution is 9.10. The SMILES string of the molecule is Cc1c(CNC(=O)c2ccnc(Br)c2)cnn1C. The first-order chi connectivity index (χ1) is 8.58. The lowest BCUT2D eigenvalue weighted by molar-refractivity contribution is 0.0950. The van der Waals surface area contributed by atoms with E-state index in [1.807, 2.05) is 14.0 Å². The van der Waals surface area contributed by atoms with Gasteiger partial charge in [-0.3, -0.25) is 9.48 Å². The number of pyridine rings is 1. The molecule has 5 nitrogen and oxygen atoms in total. The number of nitrogens with zero attached hydrogens (tertiary/aromatic N) is 3. The van der Waals surface area contributed by atoms with Crippen molar-refractivity contribution < 1.29 is 4.79 Å². The molecule has 1 amide bonds. The van der Waals surface area contributed by atoms with E-state index < -0.39 is 0 Å². The van der Waals surface area contributed by atoms with Crippen molar-refractivity contribution in [2.45, 2.75) is 13.5 Å². The van der Waals surface area contributed by atoms with Gasteiger partial charge < -0.3 is 5.32 Å². The fourth-order valence-electron chi connectivity index (χ4n) is 1.54. The van der Waals surface area contributed by atoms with Gasteiger partial charge in [0.05, 0.1) is 6.20 Å². The number of amides is 1. The highest BCUT2D eigenvalue weighted by Gasteiger charge is 2.08. The Hall–Kier alpha value is -1.69. The van der Waals surface area contributed by atoms with Crippen molar-refractivity contribution >= 4 is 21.8 Å². The van der Waals surface area contributed by atoms with Crippen LogP contribution < -0.4 is 5.32 Å². The fourth-order valence-corrected chi connectivity index (χ4v) is 1.90. The third-order valence-corrected chi connectivity index (χ3v) is 3.20. The largest absolute Gasteiger partial charge is 0.348 e. The number of hydrogen-bond donors (Lipinski definition) is 1. The average Bonchev–Trinajstić information content (AvgIpc) is 2.67. The smallest absolute Gasteiger partial charge is 0.251 e. The molecule has 0 aliphatic heterocycles. The van der Waals surface area contributed by atoms with Gasteiger partial charge in [0.1, 0.15) is 4.60 Å². The molecule has 0 saturated heterocycles. The summed E-state index contributed by atoms with van der Waals surface area (Å²) in [5.41, 5.74) is 2.64. The fraction of sp³-hybridized carbons (Fsp3) is 0.250. The van der Waals surface area contributed by atoms with Gasteiger partial charge in [0.2, 0.25) is 0 Å². The van der Waals surface area contributed by atoms with Crippen LogP contribution in [-0.2, 0) is 13.6 Å². The number of rotatable bonds is 3. The summed E-state index contributed by atoms with van der Waals surface area (Å²) in [5, 5.41) is 6.98. The predicted octanol–water partition coefficient (Wildman–Crippen LogP) is 1.82. The van der Waals surface area contributed by atoms with Crippen LogP contribution in [0, 0.1) is 6.92 Å². The van der Waals surface area contributed by atoms with Crippen molar-refractivity contribution in [1.29, 1.82) is 0 Å². The summed E-state index contributed by atoms with van der Waals surface area (Å²) in [6.45, 7) is 2.44. The van der Waals surface area contributed by atoms with Gasteiger partial charge in [-0.05, 0) is 35.0 Å². The maximum Gasteiger partial charge on any atom is 0.251 e. The summed E-state index contributed by atoms with van der Waals surface area (Å²) < 4.78 is 2.43. The Labute approximate surface area is 113 Å². The van der Waals surface area contributed by atoms with Gasteiger partial charge in [-0.15, -0.1) is 0 Å². The molecule has 0 fully saturated rings. The monoisotopic (exact) mass is 308 g/mol. The first-order valence-corrected chi connectivity index (χ1v) is 6.24. The van der Waals surface area contributed by atoms with E-state index in [4.69, 9.17) is 0 Å². The molecule has 0 radical (unpaired) electrons. The molecule has 0 aliphatic rings. The minimum Gasteiger partial charge on any atom is -0.348 e. The maximum atomic E-state index is 11.9. The molecular formula is C12H13BrN4O. The number of aromatic nitrogens is 3. The third kappa shape index (κ3) is 2.76. The number of hydrogen-bond acceptors (Lipinski definition) is 3. The molecular weight excluding hydrogens is 296 g/mol. The number of nitrogens with one attached hydrogen (secondary N) is 1. The molecule has 0 bridgehead atoms. The van der Waals surface area contributed by atoms with Crippen LogP contribution in [0.5, 0.6) is 0 Å². The number of halogens is 1. The zero-order chi connectivity index (χ0) is 13.1. The van der Waals surface area contributed by atoms with Crippen molar-refractivity contribution in [3.05, 3.63) is 46.0 Å². The zero-order valence-electron chi connectivity index (χ0n) is 10.1. The average molecular weight is 309 g/mol. The molecule has 0 aromatic carbocycles. The Morgan fingerprint density at radius 1 is 1.56 bits per heavy atom. The Kier molecular flexibility index (Phi) is 3.76. The topological polar surface area (TPSA) is 59.8 Å². The predicted molar refractivity (Wildman–Crippen MR) is 71.1 cm³/mol. The molecule has 2 aromatic heterocycles. The first kappa shape index (κ1) is 12.8. The summed E-state index contributed by atoms with van der Waals surface area (Å²) in [4.78, 5) is 15.9. The van der Waals surface area contributed by atoms with Gasteiger partial charge in [-0.1, -0.05) is 0 Å². The molecule has 0 saturated carbocycles. The van der Waals surface area contributed by atoms with E-state index in [9.17, 15) is 4.79 Å². The second-order valence-corrected chi connectivity index (χ2v) is 4.74. The molecule has 0 unspecified atom stereocenters. The van der Waals surface area contributed by atoms with E-state index >= 15 is 0 Å². The normalized spacial score (nSPS) is 10.4. The Balaban J connectivity index is 2.03. The van der Waals surface area contributed by atoms with Gasteiger partial charge in [0, 0.05) is 36.6 Å². The highest BCUT2D eigenvalue weighted by Crippen LogP contribution is 2.09. The van der Waals surface area contributed by atoms with E-state index in [2.05, 4.69) is 31.3 Å². The number of aryl methyl sites for hydroxylation is 1. The van der Waals surface area contributed by atoms with Crippen molar-refractivity contribution in [3.63, 3.8) is 0 Å². The minimum atomic E-state index is -0.124. The molecule has 1 N–H and O–H groups in total. The van der Waals surface area contributed by atoms with Gasteiger partial charge in [0.15, 0.2) is 0 Å². The van der Waals surface area contributed by atoms with Crippen molar-refractivity contribution in [2.75, 3.05) is 0 Å². The molecule has 2 heterocycles. The maximum absolute atomic E-state index is 11.9. The lowest BCUT2D eigenvalue weighted by atomic mass is 10.2. The van der Waals surface area contributed by atoms with E-state index in [0.29, 0.717) is 16.7 Å². The summed E-state index contributed by atoms with van der Waals surface area (Å²) in [5.74, 6) is -0.124. The Morgan fingerprint density at radius 3 is 2.94 bits per heavy atom. The van der Waals surface area contributed by atoms with Crippen molar-refractivity contribution in [3.8, 4) is 0 Å². The Bertz CT molecular complexity index is 579. The van der Waals surface area contributed by atoms with Gasteiger partial charge in [-0.2, -0.15) is 5.10 Å². The zero-order valence-corrected chi connectivity index (χ0v) is 11.7. The number of carbonyl (C=O) groups is 1. The van der Waals surface area contributed by atoms with Gasteiger partial charge in [-0.25, -0.2) is 4.98 Å². The van der Waals surface area contributed by atoms with Crippen LogP contribution in [0.25, 0.3) is 0 Å². The molecule has 94 valence electrons. The lowest BCUT2D eigenvalue weighted by Crippen LogP contribution is -2.23. The summed E-state index contributed by atoms with van der Waals surface area (Å²) in [7, 11) is 1.88. The van der Waals surface area contributed by atoms with Gasteiger partial charge >= 0.3 is 0 Å². The second kappa shape index (κ2) is 5.30. The molecule has 2 rings (SSSR count). The molecule has 0 aliphatic carbocycles. The molecule has 0 atom stereocenters. The summed E-state index contributed by atoms with van der Waals surface area (Å²) >= 11 is 3.24. The Morgan fingerprint density at radius 2 is 2.33 bits per heavy atom. The van der Waals surface area contributed by atoms with Crippen LogP contribution in [0.4, 0.5) is 0 Å². The van der Waals surface area contributed by atoms with E-state index in [1.165, 1.54) is 0 Å².